The van der Waals surface area contributed by atoms with E-state index in [0.717, 1.165) is 12.1 Å². The van der Waals surface area contributed by atoms with Gasteiger partial charge in [-0.25, -0.2) is 4.79 Å². The van der Waals surface area contributed by atoms with Crippen LogP contribution in [0.15, 0.2) is 18.2 Å². The summed E-state index contributed by atoms with van der Waals surface area (Å²) in [5.41, 5.74) is 5.26. The number of hydrogen-bond donors (Lipinski definition) is 2. The molecule has 108 valence electrons. The molecule has 0 bridgehead atoms. The minimum absolute atomic E-state index is 0. The van der Waals surface area contributed by atoms with Crippen LogP contribution in [0.4, 0.5) is 8.78 Å². The minimum Gasteiger partial charge on any atom is -0.506 e. The van der Waals surface area contributed by atoms with E-state index in [1.54, 1.807) is 0 Å². The number of aromatic hydroxyl groups is 1. The largest absolute Gasteiger partial charge is 0.506 e. The molecule has 0 unspecified atom stereocenters. The Hall–Kier alpha value is -1.11. The zero-order valence-electron chi connectivity index (χ0n) is 9.90. The first-order valence-corrected chi connectivity index (χ1v) is 5.47. The van der Waals surface area contributed by atoms with Crippen LogP contribution in [0, 0.1) is 0 Å². The van der Waals surface area contributed by atoms with Crippen LogP contribution in [-0.4, -0.2) is 23.6 Å². The molecule has 0 amide bonds. The quantitative estimate of drug-likeness (QED) is 0.838. The Bertz CT molecular complexity index is 458. The molecular formula is C11H13Cl2F2NO3. The molecule has 0 fully saturated rings. The van der Waals surface area contributed by atoms with E-state index in [0.29, 0.717) is 0 Å². The van der Waals surface area contributed by atoms with Crippen molar-refractivity contribution in [1.82, 2.24) is 0 Å². The van der Waals surface area contributed by atoms with Crippen molar-refractivity contribution in [3.05, 3.63) is 28.8 Å². The number of rotatable bonds is 4. The van der Waals surface area contributed by atoms with Crippen LogP contribution in [0.25, 0.3) is 0 Å². The summed E-state index contributed by atoms with van der Waals surface area (Å²) in [5, 5.41) is 9.05. The van der Waals surface area contributed by atoms with Gasteiger partial charge in [0.25, 0.3) is 0 Å². The van der Waals surface area contributed by atoms with Gasteiger partial charge < -0.3 is 15.6 Å². The second-order valence-electron chi connectivity index (χ2n) is 3.53. The Morgan fingerprint density at radius 1 is 1.58 bits per heavy atom. The van der Waals surface area contributed by atoms with Crippen molar-refractivity contribution in [2.75, 3.05) is 6.61 Å². The zero-order valence-corrected chi connectivity index (χ0v) is 11.5. The third-order valence-corrected chi connectivity index (χ3v) is 2.57. The fourth-order valence-corrected chi connectivity index (χ4v) is 1.47. The average molecular weight is 316 g/mol. The van der Waals surface area contributed by atoms with E-state index >= 15 is 0 Å². The van der Waals surface area contributed by atoms with Gasteiger partial charge in [0.15, 0.2) is 0 Å². The number of alkyl halides is 2. The molecule has 3 N–H and O–H groups in total. The molecule has 0 aliphatic rings. The summed E-state index contributed by atoms with van der Waals surface area (Å²) in [6, 6.07) is 1.47. The highest BCUT2D eigenvalue weighted by Gasteiger charge is 2.47. The lowest BCUT2D eigenvalue weighted by Crippen LogP contribution is -2.41. The fourth-order valence-electron chi connectivity index (χ4n) is 1.28. The molecule has 4 nitrogen and oxygen atoms in total. The minimum atomic E-state index is -3.86. The van der Waals surface area contributed by atoms with E-state index in [9.17, 15) is 13.6 Å². The molecule has 0 saturated heterocycles. The van der Waals surface area contributed by atoms with E-state index in [4.69, 9.17) is 22.4 Å². The van der Waals surface area contributed by atoms with E-state index < -0.39 is 17.9 Å². The number of nitrogens with two attached hydrogens (primary N) is 1. The van der Waals surface area contributed by atoms with Crippen molar-refractivity contribution in [2.45, 2.75) is 18.9 Å². The molecule has 1 aromatic rings. The van der Waals surface area contributed by atoms with Crippen molar-refractivity contribution in [2.24, 2.45) is 5.73 Å². The highest BCUT2D eigenvalue weighted by Crippen LogP contribution is 2.34. The Balaban J connectivity index is 0.00000324. The maximum Gasteiger partial charge on any atom is 0.379 e. The van der Waals surface area contributed by atoms with Crippen LogP contribution in [0.1, 0.15) is 18.5 Å². The van der Waals surface area contributed by atoms with Crippen molar-refractivity contribution < 1.29 is 23.4 Å². The lowest BCUT2D eigenvalue weighted by atomic mass is 10.0. The van der Waals surface area contributed by atoms with Gasteiger partial charge in [-0.05, 0) is 24.6 Å². The van der Waals surface area contributed by atoms with Crippen LogP contribution >= 0.6 is 24.0 Å². The molecule has 0 spiro atoms. The van der Waals surface area contributed by atoms with E-state index in [2.05, 4.69) is 4.74 Å². The van der Waals surface area contributed by atoms with E-state index in [1.165, 1.54) is 13.0 Å². The molecule has 0 aliphatic heterocycles. The highest BCUT2D eigenvalue weighted by atomic mass is 35.5. The highest BCUT2D eigenvalue weighted by molar-refractivity contribution is 6.32. The van der Waals surface area contributed by atoms with Gasteiger partial charge in [-0.2, -0.15) is 8.78 Å². The third kappa shape index (κ3) is 3.92. The van der Waals surface area contributed by atoms with Gasteiger partial charge in [0.05, 0.1) is 11.6 Å². The first-order valence-electron chi connectivity index (χ1n) is 5.09. The van der Waals surface area contributed by atoms with Crippen molar-refractivity contribution in [3.63, 3.8) is 0 Å². The number of carbonyl (C=O) groups is 1. The number of esters is 1. The summed E-state index contributed by atoms with van der Waals surface area (Å²) in [6.07, 6.45) is 0. The van der Waals surface area contributed by atoms with Gasteiger partial charge in [0.2, 0.25) is 0 Å². The van der Waals surface area contributed by atoms with Crippen LogP contribution in [0.5, 0.6) is 5.75 Å². The normalized spacial score (nSPS) is 12.5. The summed E-state index contributed by atoms with van der Waals surface area (Å²) in [5.74, 6) is -5.81. The molecule has 0 aromatic heterocycles. The summed E-state index contributed by atoms with van der Waals surface area (Å²) < 4.78 is 31.5. The number of hydrogen-bond acceptors (Lipinski definition) is 4. The third-order valence-electron chi connectivity index (χ3n) is 2.27. The number of phenolic OH excluding ortho intramolecular Hbond substituents is 1. The monoisotopic (exact) mass is 315 g/mol. The Kier molecular flexibility index (Phi) is 6.48. The number of phenols is 1. The van der Waals surface area contributed by atoms with Gasteiger partial charge in [0.1, 0.15) is 11.8 Å². The number of benzene rings is 1. The molecule has 1 aromatic carbocycles. The molecule has 0 saturated carbocycles. The summed E-state index contributed by atoms with van der Waals surface area (Å²) in [7, 11) is 0. The summed E-state index contributed by atoms with van der Waals surface area (Å²) in [4.78, 5) is 11.1. The lowest BCUT2D eigenvalue weighted by Gasteiger charge is -2.22. The first-order chi connectivity index (χ1) is 8.30. The van der Waals surface area contributed by atoms with Crippen molar-refractivity contribution in [3.8, 4) is 5.75 Å². The predicted octanol–water partition coefficient (Wildman–Crippen LogP) is 2.67. The summed E-state index contributed by atoms with van der Waals surface area (Å²) in [6.45, 7) is 1.24. The van der Waals surface area contributed by atoms with Crippen LogP contribution in [-0.2, 0) is 9.53 Å². The molecule has 0 aliphatic carbocycles. The fraction of sp³-hybridized carbons (Fsp3) is 0.364. The average Bonchev–Trinajstić information content (AvgIpc) is 2.32. The zero-order chi connectivity index (χ0) is 13.9. The van der Waals surface area contributed by atoms with Gasteiger partial charge in [-0.1, -0.05) is 17.7 Å². The molecule has 1 atom stereocenters. The smallest absolute Gasteiger partial charge is 0.379 e. The van der Waals surface area contributed by atoms with Crippen molar-refractivity contribution >= 4 is 30.0 Å². The van der Waals surface area contributed by atoms with Crippen LogP contribution < -0.4 is 5.73 Å². The van der Waals surface area contributed by atoms with Crippen LogP contribution in [0.3, 0.4) is 0 Å². The maximum absolute atomic E-state index is 13.6. The molecule has 1 rings (SSSR count). The molecule has 0 heterocycles. The number of halogens is 4. The molecule has 8 heteroatoms. The Morgan fingerprint density at radius 2 is 2.16 bits per heavy atom. The van der Waals surface area contributed by atoms with Crippen molar-refractivity contribution in [1.29, 1.82) is 0 Å². The van der Waals surface area contributed by atoms with E-state index in [1.807, 2.05) is 0 Å². The van der Waals surface area contributed by atoms with Gasteiger partial charge in [0, 0.05) is 0 Å². The van der Waals surface area contributed by atoms with E-state index in [-0.39, 0.29) is 35.3 Å². The second kappa shape index (κ2) is 6.88. The topological polar surface area (TPSA) is 72.5 Å². The first kappa shape index (κ1) is 17.9. The maximum atomic E-state index is 13.6. The summed E-state index contributed by atoms with van der Waals surface area (Å²) >= 11 is 5.58. The number of ether oxygens (including phenoxy) is 1. The molecule has 19 heavy (non-hydrogen) atoms. The predicted molar refractivity (Wildman–Crippen MR) is 68.9 cm³/mol. The van der Waals surface area contributed by atoms with Crippen LogP contribution in [0.2, 0.25) is 5.02 Å². The Labute approximate surface area is 119 Å². The number of carbonyl (C=O) groups excluding carboxylic acids is 1. The SMILES string of the molecule is CCOC(=O)C(F)(F)[C@@H](N)c1ccc(O)c(Cl)c1.Cl. The lowest BCUT2D eigenvalue weighted by molar-refractivity contribution is -0.174. The molecular weight excluding hydrogens is 303 g/mol. The van der Waals surface area contributed by atoms with Gasteiger partial charge >= 0.3 is 11.9 Å². The standard InChI is InChI=1S/C11H12ClF2NO3.ClH/c1-2-18-10(17)11(13,14)9(15)6-3-4-8(16)7(12)5-6;/h3-5,9,16H,2,15H2,1H3;1H/t9-;/m0./s1. The van der Waals surface area contributed by atoms with Gasteiger partial charge in [-0.3, -0.25) is 0 Å². The van der Waals surface area contributed by atoms with Gasteiger partial charge in [-0.15, -0.1) is 12.4 Å². The molecule has 0 radical (unpaired) electrons. The second-order valence-corrected chi connectivity index (χ2v) is 3.94. The Morgan fingerprint density at radius 3 is 2.63 bits per heavy atom.